The number of nitrogens with zero attached hydrogens (tertiary/aromatic N) is 2. The molecule has 19 heavy (non-hydrogen) atoms. The van der Waals surface area contributed by atoms with Crippen LogP contribution in [0.15, 0.2) is 18.2 Å². The molecule has 0 radical (unpaired) electrons. The number of hydrogen-bond acceptors (Lipinski definition) is 6. The van der Waals surface area contributed by atoms with E-state index in [1.165, 1.54) is 12.1 Å². The molecule has 0 aromatic heterocycles. The second-order valence-corrected chi connectivity index (χ2v) is 4.21. The van der Waals surface area contributed by atoms with Gasteiger partial charge in [0.05, 0.1) is 18.1 Å². The molecule has 0 amide bonds. The molecular weight excluding hydrogens is 248 g/mol. The Balaban J connectivity index is 2.01. The molecule has 0 spiro atoms. The first kappa shape index (κ1) is 13.3. The highest BCUT2D eigenvalue weighted by Crippen LogP contribution is 2.21. The van der Waals surface area contributed by atoms with Crippen molar-refractivity contribution in [2.24, 2.45) is 0 Å². The van der Waals surface area contributed by atoms with Crippen molar-refractivity contribution in [2.75, 3.05) is 31.6 Å². The van der Waals surface area contributed by atoms with Crippen LogP contribution in [0, 0.1) is 21.4 Å². The van der Waals surface area contributed by atoms with E-state index in [-0.39, 0.29) is 17.3 Å². The first-order valence-electron chi connectivity index (χ1n) is 5.94. The van der Waals surface area contributed by atoms with E-state index in [2.05, 4.69) is 10.6 Å². The van der Waals surface area contributed by atoms with Crippen LogP contribution in [0.5, 0.6) is 0 Å². The van der Waals surface area contributed by atoms with Crippen LogP contribution >= 0.6 is 0 Å². The van der Waals surface area contributed by atoms with Crippen molar-refractivity contribution < 1.29 is 9.66 Å². The number of rotatable bonds is 4. The molecule has 7 heteroatoms. The van der Waals surface area contributed by atoms with Gasteiger partial charge in [-0.15, -0.1) is 0 Å². The Morgan fingerprint density at radius 3 is 3.11 bits per heavy atom. The van der Waals surface area contributed by atoms with Crippen LogP contribution < -0.4 is 10.6 Å². The van der Waals surface area contributed by atoms with Crippen molar-refractivity contribution in [1.82, 2.24) is 5.32 Å². The first-order chi connectivity index (χ1) is 9.20. The summed E-state index contributed by atoms with van der Waals surface area (Å²) in [6.45, 7) is 2.80. The minimum atomic E-state index is -0.557. The average molecular weight is 262 g/mol. The summed E-state index contributed by atoms with van der Waals surface area (Å²) in [6, 6.07) is 6.46. The van der Waals surface area contributed by atoms with E-state index in [9.17, 15) is 10.1 Å². The zero-order chi connectivity index (χ0) is 13.7. The normalized spacial score (nSPS) is 18.6. The van der Waals surface area contributed by atoms with E-state index in [4.69, 9.17) is 10.00 Å². The van der Waals surface area contributed by atoms with Gasteiger partial charge in [-0.25, -0.2) is 0 Å². The Morgan fingerprint density at radius 1 is 1.63 bits per heavy atom. The largest absolute Gasteiger partial charge is 0.383 e. The second-order valence-electron chi connectivity index (χ2n) is 4.21. The number of ether oxygens (including phenoxy) is 1. The maximum absolute atomic E-state index is 10.7. The predicted octanol–water partition coefficient (Wildman–Crippen LogP) is 0.867. The SMILES string of the molecule is N#Cc1cc(NCC2COCCN2)ccc1[N+](=O)[O-]. The molecule has 1 unspecified atom stereocenters. The van der Waals surface area contributed by atoms with Gasteiger partial charge in [0.1, 0.15) is 11.6 Å². The number of hydrogen-bond donors (Lipinski definition) is 2. The van der Waals surface area contributed by atoms with Gasteiger partial charge in [-0.1, -0.05) is 0 Å². The van der Waals surface area contributed by atoms with Crippen LogP contribution in [0.3, 0.4) is 0 Å². The third-order valence-corrected chi connectivity index (χ3v) is 2.86. The van der Waals surface area contributed by atoms with Crippen molar-refractivity contribution in [3.8, 4) is 6.07 Å². The van der Waals surface area contributed by atoms with Gasteiger partial charge in [-0.05, 0) is 12.1 Å². The zero-order valence-corrected chi connectivity index (χ0v) is 10.3. The van der Waals surface area contributed by atoms with Gasteiger partial charge in [-0.2, -0.15) is 5.26 Å². The lowest BCUT2D eigenvalue weighted by molar-refractivity contribution is -0.385. The highest BCUT2D eigenvalue weighted by Gasteiger charge is 2.15. The number of nitro groups is 1. The third kappa shape index (κ3) is 3.40. The number of benzene rings is 1. The highest BCUT2D eigenvalue weighted by molar-refractivity contribution is 5.58. The van der Waals surface area contributed by atoms with Gasteiger partial charge in [0.25, 0.3) is 5.69 Å². The molecule has 0 aliphatic carbocycles. The van der Waals surface area contributed by atoms with Crippen LogP contribution in [0.1, 0.15) is 5.56 Å². The molecule has 1 fully saturated rings. The van der Waals surface area contributed by atoms with Crippen molar-refractivity contribution >= 4 is 11.4 Å². The molecule has 1 aliphatic rings. The Morgan fingerprint density at radius 2 is 2.47 bits per heavy atom. The molecule has 1 aromatic carbocycles. The number of morpholine rings is 1. The summed E-state index contributed by atoms with van der Waals surface area (Å²) in [5.41, 5.74) is 0.574. The molecule has 2 N–H and O–H groups in total. The Labute approximate surface area is 110 Å². The van der Waals surface area contributed by atoms with E-state index in [1.54, 1.807) is 6.07 Å². The third-order valence-electron chi connectivity index (χ3n) is 2.86. The summed E-state index contributed by atoms with van der Waals surface area (Å²) < 4.78 is 5.32. The Kier molecular flexibility index (Phi) is 4.28. The maximum Gasteiger partial charge on any atom is 0.287 e. The second kappa shape index (κ2) is 6.13. The topological polar surface area (TPSA) is 100 Å². The Hall–Kier alpha value is -2.17. The summed E-state index contributed by atoms with van der Waals surface area (Å²) in [5.74, 6) is 0. The lowest BCUT2D eigenvalue weighted by atomic mass is 10.1. The molecule has 100 valence electrons. The average Bonchev–Trinajstić information content (AvgIpc) is 2.45. The fourth-order valence-corrected chi connectivity index (χ4v) is 1.89. The molecule has 1 saturated heterocycles. The molecule has 0 saturated carbocycles. The van der Waals surface area contributed by atoms with E-state index in [0.717, 1.165) is 6.54 Å². The van der Waals surface area contributed by atoms with Crippen LogP contribution in [0.4, 0.5) is 11.4 Å². The minimum absolute atomic E-state index is 0.0582. The van der Waals surface area contributed by atoms with E-state index >= 15 is 0 Å². The van der Waals surface area contributed by atoms with Gasteiger partial charge in [0.15, 0.2) is 0 Å². The molecule has 1 heterocycles. The van der Waals surface area contributed by atoms with Crippen LogP contribution in [-0.2, 0) is 4.74 Å². The van der Waals surface area contributed by atoms with Gasteiger partial charge < -0.3 is 15.4 Å². The number of nitro benzene ring substituents is 1. The van der Waals surface area contributed by atoms with Crippen LogP contribution in [0.2, 0.25) is 0 Å². The van der Waals surface area contributed by atoms with Crippen molar-refractivity contribution in [1.29, 1.82) is 5.26 Å². The highest BCUT2D eigenvalue weighted by atomic mass is 16.6. The number of nitriles is 1. The lowest BCUT2D eigenvalue weighted by Gasteiger charge is -2.24. The van der Waals surface area contributed by atoms with Gasteiger partial charge >= 0.3 is 0 Å². The quantitative estimate of drug-likeness (QED) is 0.616. The van der Waals surface area contributed by atoms with Crippen LogP contribution in [0.25, 0.3) is 0 Å². The van der Waals surface area contributed by atoms with Crippen molar-refractivity contribution in [3.05, 3.63) is 33.9 Å². The van der Waals surface area contributed by atoms with Gasteiger partial charge in [-0.3, -0.25) is 10.1 Å². The summed E-state index contributed by atoms with van der Waals surface area (Å²) in [4.78, 5) is 10.1. The maximum atomic E-state index is 10.7. The molecular formula is C12H14N4O3. The van der Waals surface area contributed by atoms with Crippen molar-refractivity contribution in [3.63, 3.8) is 0 Å². The minimum Gasteiger partial charge on any atom is -0.383 e. The molecule has 1 aromatic rings. The summed E-state index contributed by atoms with van der Waals surface area (Å²) >= 11 is 0. The Bertz CT molecular complexity index is 506. The predicted molar refractivity (Wildman–Crippen MR) is 68.9 cm³/mol. The fourth-order valence-electron chi connectivity index (χ4n) is 1.89. The molecule has 1 aliphatic heterocycles. The van der Waals surface area contributed by atoms with E-state index in [0.29, 0.717) is 25.4 Å². The number of anilines is 1. The first-order valence-corrected chi connectivity index (χ1v) is 5.94. The van der Waals surface area contributed by atoms with E-state index in [1.807, 2.05) is 6.07 Å². The number of nitrogens with one attached hydrogen (secondary N) is 2. The van der Waals surface area contributed by atoms with Gasteiger partial charge in [0.2, 0.25) is 0 Å². The summed E-state index contributed by atoms with van der Waals surface area (Å²) in [5, 5.41) is 26.0. The monoisotopic (exact) mass is 262 g/mol. The summed E-state index contributed by atoms with van der Waals surface area (Å²) in [6.07, 6.45) is 0. The molecule has 1 atom stereocenters. The van der Waals surface area contributed by atoms with Gasteiger partial charge in [0, 0.05) is 30.9 Å². The molecule has 7 nitrogen and oxygen atoms in total. The standard InChI is InChI=1S/C12H14N4O3/c13-6-9-5-10(1-2-12(9)16(17)18)15-7-11-8-19-4-3-14-11/h1-2,5,11,14-15H,3-4,7-8H2. The van der Waals surface area contributed by atoms with Crippen molar-refractivity contribution in [2.45, 2.75) is 6.04 Å². The molecule has 0 bridgehead atoms. The fraction of sp³-hybridized carbons (Fsp3) is 0.417. The zero-order valence-electron chi connectivity index (χ0n) is 10.3. The summed E-state index contributed by atoms with van der Waals surface area (Å²) in [7, 11) is 0. The lowest BCUT2D eigenvalue weighted by Crippen LogP contribution is -2.45. The van der Waals surface area contributed by atoms with Crippen LogP contribution in [-0.4, -0.2) is 37.3 Å². The van der Waals surface area contributed by atoms with E-state index < -0.39 is 4.92 Å². The molecule has 2 rings (SSSR count). The smallest absolute Gasteiger partial charge is 0.287 e.